The number of nitrogens with zero attached hydrogens (tertiary/aromatic N) is 1. The van der Waals surface area contributed by atoms with Crippen LogP contribution in [0.25, 0.3) is 0 Å². The van der Waals surface area contributed by atoms with Crippen molar-refractivity contribution in [1.29, 1.82) is 0 Å². The molecule has 1 unspecified atom stereocenters. The number of nitrogens with two attached hydrogens (primary N) is 1. The van der Waals surface area contributed by atoms with E-state index in [1.807, 2.05) is 27.7 Å². The molecule has 0 spiro atoms. The van der Waals surface area contributed by atoms with Crippen molar-refractivity contribution in [2.24, 2.45) is 11.7 Å². The number of carbonyl (C=O) groups is 3. The first-order chi connectivity index (χ1) is 11.5. The largest absolute Gasteiger partial charge is 0.374 e. The zero-order valence-electron chi connectivity index (χ0n) is 16.2. The molecule has 1 rings (SSSR count). The fourth-order valence-corrected chi connectivity index (χ4v) is 2.82. The Labute approximate surface area is 150 Å². The molecule has 0 aliphatic carbocycles. The number of nitrogens with one attached hydrogen (secondary N) is 1. The van der Waals surface area contributed by atoms with Gasteiger partial charge in [-0.25, -0.2) is 0 Å². The monoisotopic (exact) mass is 355 g/mol. The molecular formula is C18H33N3O4. The van der Waals surface area contributed by atoms with Crippen molar-refractivity contribution in [3.05, 3.63) is 0 Å². The fraction of sp³-hybridized carbons (Fsp3) is 0.833. The third-order valence-electron chi connectivity index (χ3n) is 4.47. The van der Waals surface area contributed by atoms with Crippen LogP contribution >= 0.6 is 0 Å². The van der Waals surface area contributed by atoms with E-state index in [1.54, 1.807) is 6.92 Å². The number of ether oxygens (including phenoxy) is 1. The molecule has 0 aromatic rings. The molecule has 3 amide bonds. The standard InChI is InChI=1S/C18H33N3O4/c1-13-12-15(23)21(16(13)24)10-6-14(22)20-17(2,3)7-8-18(4,5)25-11-9-19/h13H,6-12,19H2,1-5H3,(H,20,22). The van der Waals surface area contributed by atoms with Gasteiger partial charge in [0.2, 0.25) is 17.7 Å². The van der Waals surface area contributed by atoms with Crippen LogP contribution in [-0.4, -0.2) is 53.5 Å². The van der Waals surface area contributed by atoms with Gasteiger partial charge in [-0.15, -0.1) is 0 Å². The third-order valence-corrected chi connectivity index (χ3v) is 4.47. The van der Waals surface area contributed by atoms with Crippen molar-refractivity contribution in [1.82, 2.24) is 10.2 Å². The van der Waals surface area contributed by atoms with Gasteiger partial charge in [0.05, 0.1) is 12.2 Å². The van der Waals surface area contributed by atoms with Gasteiger partial charge in [0.15, 0.2) is 0 Å². The van der Waals surface area contributed by atoms with E-state index in [0.717, 1.165) is 12.8 Å². The smallest absolute Gasteiger partial charge is 0.232 e. The van der Waals surface area contributed by atoms with Crippen LogP contribution in [0, 0.1) is 5.92 Å². The molecule has 1 aliphatic heterocycles. The summed E-state index contributed by atoms with van der Waals surface area (Å²) in [7, 11) is 0. The van der Waals surface area contributed by atoms with E-state index >= 15 is 0 Å². The highest BCUT2D eigenvalue weighted by Gasteiger charge is 2.35. The molecule has 0 aromatic heterocycles. The second kappa shape index (κ2) is 8.76. The van der Waals surface area contributed by atoms with Crippen LogP contribution in [0.3, 0.4) is 0 Å². The lowest BCUT2D eigenvalue weighted by molar-refractivity contribution is -0.139. The van der Waals surface area contributed by atoms with E-state index in [9.17, 15) is 14.4 Å². The predicted molar refractivity (Wildman–Crippen MR) is 95.7 cm³/mol. The lowest BCUT2D eigenvalue weighted by Crippen LogP contribution is -2.46. The first-order valence-electron chi connectivity index (χ1n) is 8.97. The summed E-state index contributed by atoms with van der Waals surface area (Å²) in [5.41, 5.74) is 4.77. The molecule has 1 atom stereocenters. The van der Waals surface area contributed by atoms with Gasteiger partial charge < -0.3 is 15.8 Å². The zero-order valence-corrected chi connectivity index (χ0v) is 16.2. The molecule has 25 heavy (non-hydrogen) atoms. The molecule has 0 aromatic carbocycles. The molecule has 0 bridgehead atoms. The minimum Gasteiger partial charge on any atom is -0.374 e. The van der Waals surface area contributed by atoms with Crippen LogP contribution in [0.4, 0.5) is 0 Å². The predicted octanol–water partition coefficient (Wildman–Crippen LogP) is 1.20. The molecule has 7 heteroatoms. The lowest BCUT2D eigenvalue weighted by Gasteiger charge is -2.32. The molecule has 0 saturated carbocycles. The Morgan fingerprint density at radius 2 is 1.92 bits per heavy atom. The maximum absolute atomic E-state index is 12.2. The highest BCUT2D eigenvalue weighted by atomic mass is 16.5. The van der Waals surface area contributed by atoms with E-state index < -0.39 is 5.54 Å². The van der Waals surface area contributed by atoms with Crippen molar-refractivity contribution in [2.75, 3.05) is 19.7 Å². The first-order valence-corrected chi connectivity index (χ1v) is 8.97. The summed E-state index contributed by atoms with van der Waals surface area (Å²) in [6, 6.07) is 0. The Balaban J connectivity index is 2.41. The minimum absolute atomic E-state index is 0.126. The average Bonchev–Trinajstić information content (AvgIpc) is 2.74. The van der Waals surface area contributed by atoms with Crippen LogP contribution in [0.5, 0.6) is 0 Å². The average molecular weight is 355 g/mol. The van der Waals surface area contributed by atoms with Gasteiger partial charge in [0, 0.05) is 37.4 Å². The van der Waals surface area contributed by atoms with E-state index in [-0.39, 0.29) is 48.6 Å². The molecule has 1 heterocycles. The van der Waals surface area contributed by atoms with Crippen LogP contribution in [0.1, 0.15) is 60.3 Å². The van der Waals surface area contributed by atoms with Gasteiger partial charge in [-0.2, -0.15) is 0 Å². The molecule has 3 N–H and O–H groups in total. The van der Waals surface area contributed by atoms with Crippen molar-refractivity contribution in [3.8, 4) is 0 Å². The Morgan fingerprint density at radius 1 is 1.28 bits per heavy atom. The number of rotatable bonds is 10. The summed E-state index contributed by atoms with van der Waals surface area (Å²) in [5, 5.41) is 2.98. The van der Waals surface area contributed by atoms with Crippen LogP contribution in [0.2, 0.25) is 0 Å². The number of likely N-dealkylation sites (tertiary alicyclic amines) is 1. The highest BCUT2D eigenvalue weighted by Crippen LogP contribution is 2.23. The van der Waals surface area contributed by atoms with Crippen LogP contribution in [0.15, 0.2) is 0 Å². The molecule has 0 radical (unpaired) electrons. The quantitative estimate of drug-likeness (QED) is 0.573. The Hall–Kier alpha value is -1.47. The summed E-state index contributed by atoms with van der Waals surface area (Å²) >= 11 is 0. The number of amides is 3. The van der Waals surface area contributed by atoms with Crippen molar-refractivity contribution in [2.45, 2.75) is 71.4 Å². The minimum atomic E-state index is -0.396. The molecule has 144 valence electrons. The topological polar surface area (TPSA) is 102 Å². The summed E-state index contributed by atoms with van der Waals surface area (Å²) in [6.45, 7) is 10.8. The second-order valence-corrected chi connectivity index (χ2v) is 8.07. The number of hydrogen-bond acceptors (Lipinski definition) is 5. The number of hydrogen-bond donors (Lipinski definition) is 2. The summed E-state index contributed by atoms with van der Waals surface area (Å²) < 4.78 is 5.71. The second-order valence-electron chi connectivity index (χ2n) is 8.07. The Morgan fingerprint density at radius 3 is 2.44 bits per heavy atom. The van der Waals surface area contributed by atoms with Gasteiger partial charge in [-0.05, 0) is 40.5 Å². The van der Waals surface area contributed by atoms with Gasteiger partial charge >= 0.3 is 0 Å². The molecular weight excluding hydrogens is 322 g/mol. The van der Waals surface area contributed by atoms with Gasteiger partial charge in [0.1, 0.15) is 0 Å². The van der Waals surface area contributed by atoms with Crippen LogP contribution in [-0.2, 0) is 19.1 Å². The lowest BCUT2D eigenvalue weighted by atomic mass is 9.91. The molecule has 7 nitrogen and oxygen atoms in total. The number of imide groups is 1. The van der Waals surface area contributed by atoms with Crippen molar-refractivity contribution < 1.29 is 19.1 Å². The van der Waals surface area contributed by atoms with E-state index in [1.165, 1.54) is 4.90 Å². The first kappa shape index (κ1) is 21.6. The Bertz CT molecular complexity index is 503. The van der Waals surface area contributed by atoms with Gasteiger partial charge in [0.25, 0.3) is 0 Å². The highest BCUT2D eigenvalue weighted by molar-refractivity contribution is 6.03. The Kier molecular flexibility index (Phi) is 7.56. The maximum Gasteiger partial charge on any atom is 0.232 e. The summed E-state index contributed by atoms with van der Waals surface area (Å²) in [5.74, 6) is -0.812. The SMILES string of the molecule is CC1CC(=O)N(CCC(=O)NC(C)(C)CCC(C)(C)OCCN)C1=O. The third kappa shape index (κ3) is 7.12. The number of carbonyl (C=O) groups excluding carboxylic acids is 3. The summed E-state index contributed by atoms with van der Waals surface area (Å²) in [4.78, 5) is 37.0. The van der Waals surface area contributed by atoms with E-state index in [0.29, 0.717) is 13.2 Å². The van der Waals surface area contributed by atoms with Gasteiger partial charge in [-0.1, -0.05) is 6.92 Å². The molecule has 1 fully saturated rings. The van der Waals surface area contributed by atoms with E-state index in [2.05, 4.69) is 5.32 Å². The van der Waals surface area contributed by atoms with Crippen molar-refractivity contribution >= 4 is 17.7 Å². The maximum atomic E-state index is 12.2. The fourth-order valence-electron chi connectivity index (χ4n) is 2.82. The van der Waals surface area contributed by atoms with Gasteiger partial charge in [-0.3, -0.25) is 19.3 Å². The normalized spacial score (nSPS) is 18.8. The molecule has 1 aliphatic rings. The molecule has 1 saturated heterocycles. The summed E-state index contributed by atoms with van der Waals surface area (Å²) in [6.07, 6.45) is 1.89. The van der Waals surface area contributed by atoms with Crippen LogP contribution < -0.4 is 11.1 Å². The van der Waals surface area contributed by atoms with E-state index in [4.69, 9.17) is 10.5 Å². The van der Waals surface area contributed by atoms with Crippen molar-refractivity contribution in [3.63, 3.8) is 0 Å². The zero-order chi connectivity index (χ0) is 19.3.